The third-order valence-electron chi connectivity index (χ3n) is 2.32. The number of methoxy groups -OCH3 is 1. The molecule has 15 heavy (non-hydrogen) atoms. The van der Waals surface area contributed by atoms with E-state index in [1.165, 1.54) is 0 Å². The number of hydrogen-bond donors (Lipinski definition) is 2. The predicted octanol–water partition coefficient (Wildman–Crippen LogP) is -0.780. The van der Waals surface area contributed by atoms with Crippen LogP contribution in [0.4, 0.5) is 0 Å². The quantitative estimate of drug-likeness (QED) is 0.650. The maximum atomic E-state index is 9.02. The normalized spacial score (nSPS) is 13.1. The van der Waals surface area contributed by atoms with Crippen LogP contribution >= 0.6 is 0 Å². The number of aryl methyl sites for hydroxylation is 1. The molecule has 0 amide bonds. The highest BCUT2D eigenvalue weighted by molar-refractivity contribution is 4.92. The Kier molecular flexibility index (Phi) is 4.67. The van der Waals surface area contributed by atoms with Crippen molar-refractivity contribution < 1.29 is 9.84 Å². The van der Waals surface area contributed by atoms with Gasteiger partial charge < -0.3 is 19.7 Å². The topological polar surface area (TPSA) is 72.2 Å². The van der Waals surface area contributed by atoms with Crippen LogP contribution in [-0.2, 0) is 18.3 Å². The fourth-order valence-corrected chi connectivity index (χ4v) is 1.22. The highest BCUT2D eigenvalue weighted by Crippen LogP contribution is 1.97. The van der Waals surface area contributed by atoms with Gasteiger partial charge in [-0.05, 0) is 6.92 Å². The standard InChI is InChI=1S/C9H18N4O2/c1-7-11-12-9(13(7)2)4-10-8(5-14)6-15-3/h8,10,14H,4-6H2,1-3H3. The average Bonchev–Trinajstić information content (AvgIpc) is 2.55. The monoisotopic (exact) mass is 214 g/mol. The molecule has 0 saturated heterocycles. The van der Waals surface area contributed by atoms with Crippen molar-refractivity contribution in [1.82, 2.24) is 20.1 Å². The van der Waals surface area contributed by atoms with Crippen LogP contribution in [0.5, 0.6) is 0 Å². The summed E-state index contributed by atoms with van der Waals surface area (Å²) < 4.78 is 6.86. The largest absolute Gasteiger partial charge is 0.395 e. The first-order valence-electron chi connectivity index (χ1n) is 4.87. The minimum Gasteiger partial charge on any atom is -0.395 e. The van der Waals surface area contributed by atoms with Gasteiger partial charge in [-0.2, -0.15) is 0 Å². The number of aliphatic hydroxyl groups is 1. The molecule has 2 N–H and O–H groups in total. The average molecular weight is 214 g/mol. The minimum absolute atomic E-state index is 0.0463. The zero-order valence-electron chi connectivity index (χ0n) is 9.40. The summed E-state index contributed by atoms with van der Waals surface area (Å²) in [6.07, 6.45) is 0. The van der Waals surface area contributed by atoms with Gasteiger partial charge in [0.15, 0.2) is 0 Å². The van der Waals surface area contributed by atoms with Crippen molar-refractivity contribution in [3.63, 3.8) is 0 Å². The lowest BCUT2D eigenvalue weighted by Crippen LogP contribution is -2.36. The first-order valence-corrected chi connectivity index (χ1v) is 4.87. The van der Waals surface area contributed by atoms with E-state index < -0.39 is 0 Å². The molecule has 0 aliphatic carbocycles. The predicted molar refractivity (Wildman–Crippen MR) is 55.3 cm³/mol. The summed E-state index contributed by atoms with van der Waals surface area (Å²) in [5.74, 6) is 1.72. The Morgan fingerprint density at radius 1 is 1.53 bits per heavy atom. The fourth-order valence-electron chi connectivity index (χ4n) is 1.22. The maximum Gasteiger partial charge on any atom is 0.146 e. The van der Waals surface area contributed by atoms with Crippen LogP contribution in [0.25, 0.3) is 0 Å². The van der Waals surface area contributed by atoms with Crippen molar-refractivity contribution in [3.05, 3.63) is 11.6 Å². The van der Waals surface area contributed by atoms with Crippen LogP contribution < -0.4 is 5.32 Å². The van der Waals surface area contributed by atoms with Gasteiger partial charge in [0, 0.05) is 14.2 Å². The highest BCUT2D eigenvalue weighted by Gasteiger charge is 2.09. The van der Waals surface area contributed by atoms with Crippen LogP contribution in [0.1, 0.15) is 11.6 Å². The molecule has 0 saturated carbocycles. The Morgan fingerprint density at radius 3 is 2.73 bits per heavy atom. The van der Waals surface area contributed by atoms with Gasteiger partial charge in [0.2, 0.25) is 0 Å². The third kappa shape index (κ3) is 3.26. The Bertz CT molecular complexity index is 300. The number of aliphatic hydroxyl groups excluding tert-OH is 1. The molecule has 0 fully saturated rings. The Labute approximate surface area is 89.3 Å². The second kappa shape index (κ2) is 5.79. The first-order chi connectivity index (χ1) is 7.19. The lowest BCUT2D eigenvalue weighted by molar-refractivity contribution is 0.127. The summed E-state index contributed by atoms with van der Waals surface area (Å²) in [6, 6.07) is -0.0630. The van der Waals surface area contributed by atoms with Crippen LogP contribution in [-0.4, -0.2) is 46.2 Å². The second-order valence-electron chi connectivity index (χ2n) is 3.44. The van der Waals surface area contributed by atoms with E-state index in [4.69, 9.17) is 9.84 Å². The molecular formula is C9H18N4O2. The first kappa shape index (κ1) is 12.1. The molecule has 0 bridgehead atoms. The molecule has 1 aromatic rings. The molecule has 0 radical (unpaired) electrons. The van der Waals surface area contributed by atoms with Gasteiger partial charge in [-0.15, -0.1) is 10.2 Å². The van der Waals surface area contributed by atoms with E-state index in [1.54, 1.807) is 7.11 Å². The van der Waals surface area contributed by atoms with Gasteiger partial charge in [-0.25, -0.2) is 0 Å². The zero-order chi connectivity index (χ0) is 11.3. The molecule has 1 unspecified atom stereocenters. The van der Waals surface area contributed by atoms with E-state index in [-0.39, 0.29) is 12.6 Å². The zero-order valence-corrected chi connectivity index (χ0v) is 9.40. The summed E-state index contributed by atoms with van der Waals surface area (Å²) in [4.78, 5) is 0. The molecule has 86 valence electrons. The van der Waals surface area contributed by atoms with E-state index in [0.717, 1.165) is 11.6 Å². The van der Waals surface area contributed by atoms with E-state index in [9.17, 15) is 0 Å². The van der Waals surface area contributed by atoms with Crippen LogP contribution in [0, 0.1) is 6.92 Å². The number of aromatic nitrogens is 3. The Morgan fingerprint density at radius 2 is 2.27 bits per heavy atom. The smallest absolute Gasteiger partial charge is 0.146 e. The Hall–Kier alpha value is -0.980. The minimum atomic E-state index is -0.0630. The van der Waals surface area contributed by atoms with Crippen molar-refractivity contribution in [2.45, 2.75) is 19.5 Å². The maximum absolute atomic E-state index is 9.02. The highest BCUT2D eigenvalue weighted by atomic mass is 16.5. The van der Waals surface area contributed by atoms with Crippen molar-refractivity contribution in [2.24, 2.45) is 7.05 Å². The lowest BCUT2D eigenvalue weighted by atomic mass is 10.3. The summed E-state index contributed by atoms with van der Waals surface area (Å²) >= 11 is 0. The molecule has 0 spiro atoms. The van der Waals surface area contributed by atoms with Crippen molar-refractivity contribution in [2.75, 3.05) is 20.3 Å². The summed E-state index contributed by atoms with van der Waals surface area (Å²) in [5.41, 5.74) is 0. The summed E-state index contributed by atoms with van der Waals surface area (Å²) in [5, 5.41) is 20.1. The molecule has 6 nitrogen and oxygen atoms in total. The van der Waals surface area contributed by atoms with Gasteiger partial charge in [-0.1, -0.05) is 0 Å². The Balaban J connectivity index is 2.45. The third-order valence-corrected chi connectivity index (χ3v) is 2.32. The van der Waals surface area contributed by atoms with Crippen molar-refractivity contribution in [1.29, 1.82) is 0 Å². The van der Waals surface area contributed by atoms with Crippen LogP contribution in [0.2, 0.25) is 0 Å². The van der Waals surface area contributed by atoms with Gasteiger partial charge >= 0.3 is 0 Å². The number of rotatable bonds is 6. The molecular weight excluding hydrogens is 196 g/mol. The molecule has 0 aliphatic heterocycles. The number of nitrogens with zero attached hydrogens (tertiary/aromatic N) is 3. The van der Waals surface area contributed by atoms with Crippen LogP contribution in [0.3, 0.4) is 0 Å². The number of nitrogens with one attached hydrogen (secondary N) is 1. The summed E-state index contributed by atoms with van der Waals surface area (Å²) in [6.45, 7) is 3.00. The van der Waals surface area contributed by atoms with E-state index in [0.29, 0.717) is 13.2 Å². The SMILES string of the molecule is COCC(CO)NCc1nnc(C)n1C. The molecule has 1 rings (SSSR count). The van der Waals surface area contributed by atoms with Gasteiger partial charge in [0.25, 0.3) is 0 Å². The molecule has 1 heterocycles. The van der Waals surface area contributed by atoms with Crippen LogP contribution in [0.15, 0.2) is 0 Å². The van der Waals surface area contributed by atoms with Gasteiger partial charge in [0.05, 0.1) is 25.8 Å². The van der Waals surface area contributed by atoms with Crippen molar-refractivity contribution >= 4 is 0 Å². The molecule has 0 aromatic carbocycles. The molecule has 6 heteroatoms. The second-order valence-corrected chi connectivity index (χ2v) is 3.44. The summed E-state index contributed by atoms with van der Waals surface area (Å²) in [7, 11) is 3.52. The molecule has 1 aromatic heterocycles. The molecule has 0 aliphatic rings. The van der Waals surface area contributed by atoms with E-state index in [1.807, 2.05) is 18.5 Å². The van der Waals surface area contributed by atoms with Crippen molar-refractivity contribution in [3.8, 4) is 0 Å². The van der Waals surface area contributed by atoms with E-state index in [2.05, 4.69) is 15.5 Å². The molecule has 1 atom stereocenters. The van der Waals surface area contributed by atoms with E-state index >= 15 is 0 Å². The fraction of sp³-hybridized carbons (Fsp3) is 0.778. The van der Waals surface area contributed by atoms with Gasteiger partial charge in [-0.3, -0.25) is 0 Å². The number of hydrogen-bond acceptors (Lipinski definition) is 5. The van der Waals surface area contributed by atoms with Gasteiger partial charge in [0.1, 0.15) is 11.6 Å². The number of ether oxygens (including phenoxy) is 1. The lowest BCUT2D eigenvalue weighted by Gasteiger charge is -2.14.